The van der Waals surface area contributed by atoms with Gasteiger partial charge in [0.1, 0.15) is 11.4 Å². The van der Waals surface area contributed by atoms with Gasteiger partial charge in [0.15, 0.2) is 5.82 Å². The molecule has 146 valence electrons. The Labute approximate surface area is 176 Å². The van der Waals surface area contributed by atoms with E-state index in [1.807, 2.05) is 26.0 Å². The molecule has 3 rings (SSSR count). The van der Waals surface area contributed by atoms with Crippen molar-refractivity contribution < 1.29 is 9.53 Å². The quantitative estimate of drug-likeness (QED) is 0.551. The minimum absolute atomic E-state index is 0.142. The number of nitrogens with zero attached hydrogens (tertiary/aromatic N) is 3. The summed E-state index contributed by atoms with van der Waals surface area (Å²) < 4.78 is 6.89. The molecule has 8 heteroatoms. The Morgan fingerprint density at radius 3 is 2.41 bits per heavy atom. The van der Waals surface area contributed by atoms with Crippen molar-refractivity contribution in [2.24, 2.45) is 0 Å². The smallest absolute Gasteiger partial charge is 0.324 e. The van der Waals surface area contributed by atoms with Crippen molar-refractivity contribution in [1.82, 2.24) is 9.97 Å². The predicted molar refractivity (Wildman–Crippen MR) is 114 cm³/mol. The average molecular weight is 452 g/mol. The van der Waals surface area contributed by atoms with E-state index in [9.17, 15) is 4.79 Å². The van der Waals surface area contributed by atoms with Crippen molar-refractivity contribution in [3.63, 3.8) is 0 Å². The van der Waals surface area contributed by atoms with Gasteiger partial charge in [-0.15, -0.1) is 0 Å². The Morgan fingerprint density at radius 2 is 1.83 bits per heavy atom. The van der Waals surface area contributed by atoms with Gasteiger partial charge in [0.25, 0.3) is 0 Å². The van der Waals surface area contributed by atoms with Crippen LogP contribution in [0.3, 0.4) is 0 Å². The lowest BCUT2D eigenvalue weighted by Gasteiger charge is -2.14. The van der Waals surface area contributed by atoms with E-state index in [4.69, 9.17) is 10.00 Å². The molecule has 2 aromatic carbocycles. The van der Waals surface area contributed by atoms with Crippen molar-refractivity contribution in [2.75, 3.05) is 10.6 Å². The van der Waals surface area contributed by atoms with Crippen LogP contribution in [0.25, 0.3) is 0 Å². The van der Waals surface area contributed by atoms with Crippen molar-refractivity contribution in [1.29, 1.82) is 5.26 Å². The average Bonchev–Trinajstić information content (AvgIpc) is 2.67. The molecule has 0 unspecified atom stereocenters. The van der Waals surface area contributed by atoms with Crippen molar-refractivity contribution >= 4 is 39.0 Å². The third kappa shape index (κ3) is 5.09. The van der Waals surface area contributed by atoms with E-state index in [0.717, 1.165) is 15.6 Å². The zero-order valence-corrected chi connectivity index (χ0v) is 17.7. The number of carbonyl (C=O) groups is 1. The molecule has 0 aliphatic carbocycles. The first-order valence-electron chi connectivity index (χ1n) is 8.72. The fourth-order valence-corrected chi connectivity index (χ4v) is 3.39. The van der Waals surface area contributed by atoms with Crippen LogP contribution in [0.1, 0.15) is 23.6 Å². The third-order valence-corrected chi connectivity index (χ3v) is 4.43. The van der Waals surface area contributed by atoms with Gasteiger partial charge in [-0.05, 0) is 61.4 Å². The highest BCUT2D eigenvalue weighted by Gasteiger charge is 2.13. The number of ether oxygens (including phenoxy) is 1. The summed E-state index contributed by atoms with van der Waals surface area (Å²) in [6.45, 7) is 5.29. The van der Waals surface area contributed by atoms with Crippen LogP contribution in [-0.4, -0.2) is 15.9 Å². The van der Waals surface area contributed by atoms with E-state index in [1.54, 1.807) is 24.3 Å². The molecular weight excluding hydrogens is 434 g/mol. The number of aryl methyl sites for hydroxylation is 2. The molecule has 0 aliphatic heterocycles. The zero-order valence-electron chi connectivity index (χ0n) is 16.1. The van der Waals surface area contributed by atoms with Gasteiger partial charge in [-0.1, -0.05) is 15.9 Å². The summed E-state index contributed by atoms with van der Waals surface area (Å²) in [5.74, 6) is 0.803. The van der Waals surface area contributed by atoms with Gasteiger partial charge in [0, 0.05) is 17.1 Å². The van der Waals surface area contributed by atoms with Crippen molar-refractivity contribution in [3.8, 4) is 17.8 Å². The fraction of sp³-hybridized carbons (Fsp3) is 0.143. The van der Waals surface area contributed by atoms with E-state index in [2.05, 4.69) is 42.6 Å². The maximum absolute atomic E-state index is 11.5. The number of halogens is 1. The van der Waals surface area contributed by atoms with Crippen LogP contribution in [0, 0.1) is 25.2 Å². The Balaban J connectivity index is 1.95. The van der Waals surface area contributed by atoms with Gasteiger partial charge in [-0.25, -0.2) is 4.98 Å². The molecule has 29 heavy (non-hydrogen) atoms. The number of rotatable bonds is 5. The maximum Gasteiger partial charge on any atom is 0.324 e. The molecule has 0 saturated heterocycles. The highest BCUT2D eigenvalue weighted by molar-refractivity contribution is 9.10. The number of amides is 1. The minimum atomic E-state index is -0.246. The number of hydrogen-bond acceptors (Lipinski definition) is 6. The molecule has 0 saturated carbocycles. The van der Waals surface area contributed by atoms with Gasteiger partial charge in [0.2, 0.25) is 5.91 Å². The molecule has 0 spiro atoms. The normalized spacial score (nSPS) is 10.2. The van der Waals surface area contributed by atoms with Gasteiger partial charge < -0.3 is 15.4 Å². The van der Waals surface area contributed by atoms with Crippen LogP contribution < -0.4 is 15.4 Å². The van der Waals surface area contributed by atoms with Gasteiger partial charge >= 0.3 is 6.01 Å². The highest BCUT2D eigenvalue weighted by Crippen LogP contribution is 2.32. The number of carbonyl (C=O) groups excluding carboxylic acids is 1. The Bertz CT molecular complexity index is 1080. The van der Waals surface area contributed by atoms with E-state index in [0.29, 0.717) is 28.5 Å². The number of nitrogens with one attached hydrogen (secondary N) is 2. The molecule has 1 amide bonds. The second-order valence-electron chi connectivity index (χ2n) is 6.38. The van der Waals surface area contributed by atoms with E-state index in [-0.39, 0.29) is 11.9 Å². The van der Waals surface area contributed by atoms with E-state index < -0.39 is 0 Å². The molecule has 0 bridgehead atoms. The number of aromatic nitrogens is 2. The van der Waals surface area contributed by atoms with Crippen molar-refractivity contribution in [2.45, 2.75) is 20.8 Å². The third-order valence-electron chi connectivity index (χ3n) is 3.97. The second-order valence-corrected chi connectivity index (χ2v) is 7.30. The first-order chi connectivity index (χ1) is 13.9. The largest absolute Gasteiger partial charge is 0.424 e. The molecule has 7 nitrogen and oxygen atoms in total. The molecule has 2 N–H and O–H groups in total. The number of benzene rings is 2. The molecule has 0 radical (unpaired) electrons. The molecule has 1 aromatic heterocycles. The zero-order chi connectivity index (χ0) is 21.0. The van der Waals surface area contributed by atoms with Crippen molar-refractivity contribution in [3.05, 3.63) is 63.8 Å². The molecule has 3 aromatic rings. The monoisotopic (exact) mass is 451 g/mol. The summed E-state index contributed by atoms with van der Waals surface area (Å²) in [4.78, 5) is 20.2. The van der Waals surface area contributed by atoms with Crippen LogP contribution >= 0.6 is 15.9 Å². The maximum atomic E-state index is 11.5. The number of nitriles is 1. The Hall–Kier alpha value is -3.44. The summed E-state index contributed by atoms with van der Waals surface area (Å²) >= 11 is 3.47. The van der Waals surface area contributed by atoms with Gasteiger partial charge in [0.05, 0.1) is 17.8 Å². The number of hydrogen-bond donors (Lipinski definition) is 2. The van der Waals surface area contributed by atoms with Crippen LogP contribution in [-0.2, 0) is 4.79 Å². The first kappa shape index (κ1) is 20.3. The number of anilines is 3. The van der Waals surface area contributed by atoms with Crippen LogP contribution in [0.4, 0.5) is 17.2 Å². The lowest BCUT2D eigenvalue weighted by atomic mass is 10.1. The van der Waals surface area contributed by atoms with Crippen LogP contribution in [0.2, 0.25) is 0 Å². The Morgan fingerprint density at radius 1 is 1.17 bits per heavy atom. The van der Waals surface area contributed by atoms with Crippen LogP contribution in [0.15, 0.2) is 47.1 Å². The lowest BCUT2D eigenvalue weighted by molar-refractivity contribution is -0.114. The lowest BCUT2D eigenvalue weighted by Crippen LogP contribution is -2.10. The summed E-state index contributed by atoms with van der Waals surface area (Å²) in [6.07, 6.45) is 1.49. The van der Waals surface area contributed by atoms with Gasteiger partial charge in [-0.2, -0.15) is 10.2 Å². The SMILES string of the molecule is CC(=O)Nc1cnc(Oc2c(C)cc(Br)cc2C)nc1Nc1ccc(C#N)cc1. The fourth-order valence-electron chi connectivity index (χ4n) is 2.71. The van der Waals surface area contributed by atoms with Crippen LogP contribution in [0.5, 0.6) is 11.8 Å². The first-order valence-corrected chi connectivity index (χ1v) is 9.51. The van der Waals surface area contributed by atoms with E-state index >= 15 is 0 Å². The summed E-state index contributed by atoms with van der Waals surface area (Å²) in [6, 6.07) is 13.0. The second kappa shape index (κ2) is 8.71. The van der Waals surface area contributed by atoms with E-state index in [1.165, 1.54) is 13.1 Å². The van der Waals surface area contributed by atoms with Gasteiger partial charge in [-0.3, -0.25) is 4.79 Å². The molecule has 0 fully saturated rings. The predicted octanol–water partition coefficient (Wildman–Crippen LogP) is 5.22. The Kier molecular flexibility index (Phi) is 6.10. The minimum Gasteiger partial charge on any atom is -0.424 e. The summed E-state index contributed by atoms with van der Waals surface area (Å²) in [5, 5.41) is 14.8. The highest BCUT2D eigenvalue weighted by atomic mass is 79.9. The molecular formula is C21H18BrN5O2. The molecule has 0 atom stereocenters. The summed E-state index contributed by atoms with van der Waals surface area (Å²) in [5.41, 5.74) is 3.54. The summed E-state index contributed by atoms with van der Waals surface area (Å²) in [7, 11) is 0. The molecule has 0 aliphatic rings. The standard InChI is InChI=1S/C21H18BrN5O2/c1-12-8-16(22)9-13(2)19(12)29-21-24-11-18(25-14(3)28)20(27-21)26-17-6-4-15(10-23)5-7-17/h4-9,11H,1-3H3,(H,25,28)(H,24,26,27). The topological polar surface area (TPSA) is 99.9 Å². The molecule has 1 heterocycles.